The van der Waals surface area contributed by atoms with Gasteiger partial charge in [0.1, 0.15) is 4.34 Å². The maximum Gasteiger partial charge on any atom is 0.150 e. The van der Waals surface area contributed by atoms with Gasteiger partial charge in [-0.1, -0.05) is 11.8 Å². The Bertz CT molecular complexity index is 210. The fourth-order valence-electron chi connectivity index (χ4n) is 0.641. The summed E-state index contributed by atoms with van der Waals surface area (Å²) in [6.45, 7) is 2.79. The molecule has 0 saturated heterocycles. The van der Waals surface area contributed by atoms with E-state index in [-0.39, 0.29) is 0 Å². The van der Waals surface area contributed by atoms with E-state index in [1.807, 2.05) is 6.92 Å². The van der Waals surface area contributed by atoms with Crippen molar-refractivity contribution in [1.82, 2.24) is 4.98 Å². The van der Waals surface area contributed by atoms with Crippen molar-refractivity contribution in [2.45, 2.75) is 17.7 Å². The highest BCUT2D eigenvalue weighted by Crippen LogP contribution is 2.22. The van der Waals surface area contributed by atoms with Gasteiger partial charge in [0.15, 0.2) is 0 Å². The van der Waals surface area contributed by atoms with Crippen LogP contribution in [0.3, 0.4) is 0 Å². The van der Waals surface area contributed by atoms with Gasteiger partial charge in [-0.15, -0.1) is 11.3 Å². The van der Waals surface area contributed by atoms with Crippen molar-refractivity contribution in [2.24, 2.45) is 5.73 Å². The Kier molecular flexibility index (Phi) is 3.90. The lowest BCUT2D eigenvalue weighted by Gasteiger charge is -1.92. The second-order valence-corrected chi connectivity index (χ2v) is 4.45. The fraction of sp³-hybridized carbons (Fsp3) is 0.571. The molecule has 1 heterocycles. The molecule has 0 aliphatic rings. The summed E-state index contributed by atoms with van der Waals surface area (Å²) < 4.78 is 1.16. The maximum atomic E-state index is 5.37. The van der Waals surface area contributed by atoms with E-state index in [0.29, 0.717) is 0 Å². The van der Waals surface area contributed by atoms with Gasteiger partial charge >= 0.3 is 0 Å². The molecule has 0 amide bonds. The highest BCUT2D eigenvalue weighted by molar-refractivity contribution is 8.00. The van der Waals surface area contributed by atoms with Crippen LogP contribution in [0.15, 0.2) is 9.72 Å². The number of hydrogen-bond acceptors (Lipinski definition) is 4. The summed E-state index contributed by atoms with van der Waals surface area (Å²) in [7, 11) is 0. The number of aryl methyl sites for hydroxylation is 1. The first-order valence-electron chi connectivity index (χ1n) is 3.58. The zero-order valence-corrected chi connectivity index (χ0v) is 8.17. The van der Waals surface area contributed by atoms with Crippen molar-refractivity contribution in [3.63, 3.8) is 0 Å². The predicted molar refractivity (Wildman–Crippen MR) is 51.2 cm³/mol. The zero-order valence-electron chi connectivity index (χ0n) is 6.54. The van der Waals surface area contributed by atoms with Crippen molar-refractivity contribution in [2.75, 3.05) is 12.3 Å². The van der Waals surface area contributed by atoms with Crippen LogP contribution in [-0.4, -0.2) is 17.3 Å². The normalized spacial score (nSPS) is 10.4. The van der Waals surface area contributed by atoms with E-state index in [9.17, 15) is 0 Å². The molecular weight excluding hydrogens is 176 g/mol. The minimum atomic E-state index is 0.775. The van der Waals surface area contributed by atoms with Crippen LogP contribution in [0.4, 0.5) is 0 Å². The lowest BCUT2D eigenvalue weighted by Crippen LogP contribution is -1.99. The number of nitrogens with two attached hydrogens (primary N) is 1. The fourth-order valence-corrected chi connectivity index (χ4v) is 2.52. The van der Waals surface area contributed by atoms with Crippen LogP contribution >= 0.6 is 23.1 Å². The van der Waals surface area contributed by atoms with E-state index in [1.54, 1.807) is 23.1 Å². The largest absolute Gasteiger partial charge is 0.330 e. The van der Waals surface area contributed by atoms with E-state index in [0.717, 1.165) is 28.8 Å². The number of thioether (sulfide) groups is 1. The molecule has 0 aliphatic heterocycles. The zero-order chi connectivity index (χ0) is 8.10. The van der Waals surface area contributed by atoms with Gasteiger partial charge in [-0.3, -0.25) is 0 Å². The van der Waals surface area contributed by atoms with Gasteiger partial charge in [0.05, 0.1) is 0 Å². The minimum Gasteiger partial charge on any atom is -0.330 e. The van der Waals surface area contributed by atoms with E-state index in [1.165, 1.54) is 0 Å². The molecule has 1 rings (SSSR count). The Morgan fingerprint density at radius 2 is 2.55 bits per heavy atom. The molecule has 1 aromatic heterocycles. The number of aromatic nitrogens is 1. The average molecular weight is 188 g/mol. The number of hydrogen-bond donors (Lipinski definition) is 1. The third kappa shape index (κ3) is 3.22. The Labute approximate surface area is 75.2 Å². The van der Waals surface area contributed by atoms with E-state index in [4.69, 9.17) is 5.73 Å². The molecule has 0 aromatic carbocycles. The molecule has 2 N–H and O–H groups in total. The van der Waals surface area contributed by atoms with Crippen molar-refractivity contribution < 1.29 is 0 Å². The van der Waals surface area contributed by atoms with Gasteiger partial charge in [0, 0.05) is 16.8 Å². The lowest BCUT2D eigenvalue weighted by molar-refractivity contribution is 0.942. The molecule has 2 nitrogen and oxygen atoms in total. The Morgan fingerprint density at radius 3 is 3.09 bits per heavy atom. The van der Waals surface area contributed by atoms with Crippen LogP contribution in [0.1, 0.15) is 12.1 Å². The minimum absolute atomic E-state index is 0.775. The summed E-state index contributed by atoms with van der Waals surface area (Å²) in [5.41, 5.74) is 6.48. The highest BCUT2D eigenvalue weighted by atomic mass is 32.2. The maximum absolute atomic E-state index is 5.37. The van der Waals surface area contributed by atoms with Gasteiger partial charge in [-0.25, -0.2) is 4.98 Å². The Balaban J connectivity index is 2.27. The average Bonchev–Trinajstić information content (AvgIpc) is 2.37. The second kappa shape index (κ2) is 4.74. The van der Waals surface area contributed by atoms with Crippen LogP contribution in [-0.2, 0) is 0 Å². The first-order valence-corrected chi connectivity index (χ1v) is 5.44. The van der Waals surface area contributed by atoms with Gasteiger partial charge < -0.3 is 5.73 Å². The standard InChI is InChI=1S/C7H12N2S2/c1-6-5-11-7(9-6)10-4-2-3-8/h5H,2-4,8H2,1H3. The van der Waals surface area contributed by atoms with E-state index < -0.39 is 0 Å². The molecule has 0 radical (unpaired) electrons. The van der Waals surface area contributed by atoms with Crippen molar-refractivity contribution >= 4 is 23.1 Å². The first kappa shape index (κ1) is 9.03. The Hall–Kier alpha value is -0.0600. The Morgan fingerprint density at radius 1 is 1.73 bits per heavy atom. The van der Waals surface area contributed by atoms with E-state index in [2.05, 4.69) is 10.4 Å². The summed E-state index contributed by atoms with van der Waals surface area (Å²) in [5.74, 6) is 1.09. The lowest BCUT2D eigenvalue weighted by atomic mass is 10.5. The topological polar surface area (TPSA) is 38.9 Å². The van der Waals surface area contributed by atoms with Crippen molar-refractivity contribution in [1.29, 1.82) is 0 Å². The third-order valence-electron chi connectivity index (χ3n) is 1.17. The molecule has 0 saturated carbocycles. The number of rotatable bonds is 4. The number of nitrogens with zero attached hydrogens (tertiary/aromatic N) is 1. The van der Waals surface area contributed by atoms with Gasteiger partial charge in [0.2, 0.25) is 0 Å². The quantitative estimate of drug-likeness (QED) is 0.579. The molecule has 0 atom stereocenters. The summed E-state index contributed by atoms with van der Waals surface area (Å²) in [4.78, 5) is 4.32. The molecule has 0 bridgehead atoms. The summed E-state index contributed by atoms with van der Waals surface area (Å²) >= 11 is 3.50. The highest BCUT2D eigenvalue weighted by Gasteiger charge is 1.97. The van der Waals surface area contributed by atoms with Crippen LogP contribution in [0.25, 0.3) is 0 Å². The van der Waals surface area contributed by atoms with Crippen molar-refractivity contribution in [3.05, 3.63) is 11.1 Å². The second-order valence-electron chi connectivity index (χ2n) is 2.25. The van der Waals surface area contributed by atoms with Crippen LogP contribution < -0.4 is 5.73 Å². The van der Waals surface area contributed by atoms with Crippen LogP contribution in [0.2, 0.25) is 0 Å². The van der Waals surface area contributed by atoms with E-state index >= 15 is 0 Å². The SMILES string of the molecule is Cc1csc(SCCCN)n1. The summed E-state index contributed by atoms with van der Waals surface area (Å²) in [5, 5.41) is 2.07. The van der Waals surface area contributed by atoms with Crippen LogP contribution in [0, 0.1) is 6.92 Å². The van der Waals surface area contributed by atoms with Gasteiger partial charge in [0.25, 0.3) is 0 Å². The molecule has 0 fully saturated rings. The molecule has 0 unspecified atom stereocenters. The molecule has 0 spiro atoms. The summed E-state index contributed by atoms with van der Waals surface area (Å²) in [6.07, 6.45) is 1.07. The summed E-state index contributed by atoms with van der Waals surface area (Å²) in [6, 6.07) is 0. The molecule has 0 aliphatic carbocycles. The smallest absolute Gasteiger partial charge is 0.150 e. The van der Waals surface area contributed by atoms with Crippen molar-refractivity contribution in [3.8, 4) is 0 Å². The predicted octanol–water partition coefficient (Wildman–Crippen LogP) is 1.89. The molecule has 62 valence electrons. The molecule has 1 aromatic rings. The number of thiazole rings is 1. The molecular formula is C7H12N2S2. The van der Waals surface area contributed by atoms with Gasteiger partial charge in [-0.2, -0.15) is 0 Å². The first-order chi connectivity index (χ1) is 5.33. The third-order valence-corrected chi connectivity index (χ3v) is 3.40. The monoisotopic (exact) mass is 188 g/mol. The van der Waals surface area contributed by atoms with Crippen LogP contribution in [0.5, 0.6) is 0 Å². The molecule has 11 heavy (non-hydrogen) atoms. The van der Waals surface area contributed by atoms with Gasteiger partial charge in [-0.05, 0) is 19.9 Å². The molecule has 4 heteroatoms.